The summed E-state index contributed by atoms with van der Waals surface area (Å²) in [6.07, 6.45) is 0. The summed E-state index contributed by atoms with van der Waals surface area (Å²) in [4.78, 5) is 0. The largest absolute Gasteiger partial charge is 0.312 e. The first-order valence-electron chi connectivity index (χ1n) is 5.54. The van der Waals surface area contributed by atoms with E-state index in [-0.39, 0.29) is 5.75 Å². The summed E-state index contributed by atoms with van der Waals surface area (Å²) in [6, 6.07) is 8.71. The number of halogens is 1. The fraction of sp³-hybridized carbons (Fsp3) is 0.417. The molecule has 0 bridgehead atoms. The second-order valence-corrected chi connectivity index (χ2v) is 7.29. The van der Waals surface area contributed by atoms with Crippen LogP contribution in [0.25, 0.3) is 0 Å². The Morgan fingerprint density at radius 1 is 1.44 bits per heavy atom. The van der Waals surface area contributed by atoms with E-state index in [1.807, 2.05) is 6.07 Å². The van der Waals surface area contributed by atoms with E-state index in [1.165, 1.54) is 0 Å². The fourth-order valence-electron chi connectivity index (χ4n) is 2.31. The van der Waals surface area contributed by atoms with Crippen molar-refractivity contribution < 1.29 is 8.42 Å². The van der Waals surface area contributed by atoms with Crippen LogP contribution in [0, 0.1) is 11.3 Å². The third kappa shape index (κ3) is 1.91. The SMILES string of the molecule is CCS(=O)(=O)[C@@H]1[C@H](c2ccc(Cl)cc2)[C@]1(N)C#N. The first-order valence-corrected chi connectivity index (χ1v) is 7.63. The second kappa shape index (κ2) is 4.23. The third-order valence-electron chi connectivity index (χ3n) is 3.39. The molecule has 0 aliphatic heterocycles. The average Bonchev–Trinajstić information content (AvgIpc) is 2.98. The predicted octanol–water partition coefficient (Wildman–Crippen LogP) is 1.46. The highest BCUT2D eigenvalue weighted by molar-refractivity contribution is 7.92. The van der Waals surface area contributed by atoms with Crippen LogP contribution >= 0.6 is 11.6 Å². The van der Waals surface area contributed by atoms with E-state index in [1.54, 1.807) is 31.2 Å². The lowest BCUT2D eigenvalue weighted by Gasteiger charge is -2.00. The number of hydrogen-bond donors (Lipinski definition) is 1. The molecule has 96 valence electrons. The van der Waals surface area contributed by atoms with Crippen molar-refractivity contribution in [1.82, 2.24) is 0 Å². The fourth-order valence-corrected chi connectivity index (χ4v) is 4.31. The van der Waals surface area contributed by atoms with E-state index in [4.69, 9.17) is 22.6 Å². The number of nitriles is 1. The van der Waals surface area contributed by atoms with Gasteiger partial charge in [-0.2, -0.15) is 5.26 Å². The number of hydrogen-bond acceptors (Lipinski definition) is 4. The molecule has 2 N–H and O–H groups in total. The van der Waals surface area contributed by atoms with Gasteiger partial charge in [-0.25, -0.2) is 8.42 Å². The maximum absolute atomic E-state index is 11.9. The van der Waals surface area contributed by atoms with Gasteiger partial charge < -0.3 is 5.73 Å². The lowest BCUT2D eigenvalue weighted by atomic mass is 10.1. The molecule has 0 aromatic heterocycles. The normalized spacial score (nSPS) is 30.8. The summed E-state index contributed by atoms with van der Waals surface area (Å²) in [5.41, 5.74) is 5.32. The average molecular weight is 285 g/mol. The molecule has 18 heavy (non-hydrogen) atoms. The summed E-state index contributed by atoms with van der Waals surface area (Å²) in [5.74, 6) is -0.479. The van der Waals surface area contributed by atoms with Crippen LogP contribution < -0.4 is 5.73 Å². The standard InChI is InChI=1S/C12H13ClN2O2S/c1-2-18(16,17)11-10(12(11,15)7-14)8-3-5-9(13)6-4-8/h3-6,10-11H,2,15H2,1H3/t10-,11+,12+/m0/s1. The molecule has 0 spiro atoms. The van der Waals surface area contributed by atoms with Gasteiger partial charge in [0.05, 0.1) is 6.07 Å². The van der Waals surface area contributed by atoms with Gasteiger partial charge in [0.25, 0.3) is 0 Å². The molecule has 0 unspecified atom stereocenters. The number of sulfone groups is 1. The molecule has 0 saturated heterocycles. The van der Waals surface area contributed by atoms with E-state index in [0.29, 0.717) is 5.02 Å². The monoisotopic (exact) mass is 284 g/mol. The van der Waals surface area contributed by atoms with E-state index < -0.39 is 26.5 Å². The predicted molar refractivity (Wildman–Crippen MR) is 70.0 cm³/mol. The second-order valence-electron chi connectivity index (χ2n) is 4.45. The lowest BCUT2D eigenvalue weighted by molar-refractivity contribution is 0.593. The summed E-state index contributed by atoms with van der Waals surface area (Å²) in [7, 11) is -3.33. The molecule has 3 atom stereocenters. The molecule has 0 heterocycles. The van der Waals surface area contributed by atoms with Crippen LogP contribution in [0.4, 0.5) is 0 Å². The Morgan fingerprint density at radius 3 is 2.44 bits per heavy atom. The van der Waals surface area contributed by atoms with Crippen molar-refractivity contribution >= 4 is 21.4 Å². The highest BCUT2D eigenvalue weighted by atomic mass is 35.5. The van der Waals surface area contributed by atoms with Gasteiger partial charge >= 0.3 is 0 Å². The van der Waals surface area contributed by atoms with Gasteiger partial charge in [0.2, 0.25) is 0 Å². The Morgan fingerprint density at radius 2 is 2.00 bits per heavy atom. The van der Waals surface area contributed by atoms with Crippen molar-refractivity contribution in [3.05, 3.63) is 34.9 Å². The first kappa shape index (κ1) is 13.3. The molecule has 0 radical (unpaired) electrons. The summed E-state index contributed by atoms with van der Waals surface area (Å²) in [6.45, 7) is 1.56. The maximum Gasteiger partial charge on any atom is 0.156 e. The minimum absolute atomic E-state index is 0.0115. The molecule has 1 aromatic carbocycles. The van der Waals surface area contributed by atoms with Crippen LogP contribution in [0.2, 0.25) is 5.02 Å². The quantitative estimate of drug-likeness (QED) is 0.911. The van der Waals surface area contributed by atoms with E-state index in [2.05, 4.69) is 0 Å². The molecular formula is C12H13ClN2O2S. The van der Waals surface area contributed by atoms with Gasteiger partial charge in [-0.1, -0.05) is 30.7 Å². The van der Waals surface area contributed by atoms with Crippen LogP contribution in [0.1, 0.15) is 18.4 Å². The van der Waals surface area contributed by atoms with Gasteiger partial charge in [-0.15, -0.1) is 0 Å². The third-order valence-corrected chi connectivity index (χ3v) is 5.88. The zero-order chi connectivity index (χ0) is 13.6. The molecular weight excluding hydrogens is 272 g/mol. The van der Waals surface area contributed by atoms with Gasteiger partial charge in [0.1, 0.15) is 10.8 Å². The van der Waals surface area contributed by atoms with Crippen LogP contribution in [-0.4, -0.2) is 25.0 Å². The van der Waals surface area contributed by atoms with Crippen LogP contribution in [0.3, 0.4) is 0 Å². The minimum Gasteiger partial charge on any atom is -0.312 e. The van der Waals surface area contributed by atoms with Crippen molar-refractivity contribution in [2.75, 3.05) is 5.75 Å². The Labute approximate surface area is 111 Å². The summed E-state index contributed by atoms with van der Waals surface area (Å²) in [5, 5.41) is 8.86. The highest BCUT2D eigenvalue weighted by Gasteiger charge is 2.69. The maximum atomic E-state index is 11.9. The van der Waals surface area contributed by atoms with Crippen molar-refractivity contribution in [1.29, 1.82) is 5.26 Å². The molecule has 1 saturated carbocycles. The van der Waals surface area contributed by atoms with Gasteiger partial charge in [0.15, 0.2) is 9.84 Å². The molecule has 1 aromatic rings. The topological polar surface area (TPSA) is 83.9 Å². The zero-order valence-electron chi connectivity index (χ0n) is 9.80. The van der Waals surface area contributed by atoms with E-state index >= 15 is 0 Å². The van der Waals surface area contributed by atoms with Crippen LogP contribution in [0.15, 0.2) is 24.3 Å². The van der Waals surface area contributed by atoms with Gasteiger partial charge in [0, 0.05) is 16.7 Å². The molecule has 6 heteroatoms. The van der Waals surface area contributed by atoms with Crippen LogP contribution in [0.5, 0.6) is 0 Å². The molecule has 1 aliphatic carbocycles. The summed E-state index contributed by atoms with van der Waals surface area (Å²) >= 11 is 5.78. The molecule has 0 amide bonds. The number of nitrogens with zero attached hydrogens (tertiary/aromatic N) is 1. The van der Waals surface area contributed by atoms with Gasteiger partial charge in [-0.3, -0.25) is 0 Å². The van der Waals surface area contributed by atoms with Crippen molar-refractivity contribution in [3.63, 3.8) is 0 Å². The van der Waals surface area contributed by atoms with Crippen LogP contribution in [-0.2, 0) is 9.84 Å². The Balaban J connectivity index is 2.41. The summed E-state index contributed by atoms with van der Waals surface area (Å²) < 4.78 is 23.9. The van der Waals surface area contributed by atoms with Gasteiger partial charge in [-0.05, 0) is 17.7 Å². The van der Waals surface area contributed by atoms with Crippen molar-refractivity contribution in [3.8, 4) is 6.07 Å². The van der Waals surface area contributed by atoms with E-state index in [9.17, 15) is 8.42 Å². The lowest BCUT2D eigenvalue weighted by Crippen LogP contribution is -2.29. The molecule has 4 nitrogen and oxygen atoms in total. The first-order chi connectivity index (χ1) is 8.36. The minimum atomic E-state index is -3.33. The number of nitrogens with two attached hydrogens (primary N) is 1. The van der Waals surface area contributed by atoms with Crippen molar-refractivity contribution in [2.24, 2.45) is 5.73 Å². The number of rotatable bonds is 3. The zero-order valence-corrected chi connectivity index (χ0v) is 11.4. The Hall–Kier alpha value is -1.09. The number of benzene rings is 1. The Bertz CT molecular complexity index is 606. The smallest absolute Gasteiger partial charge is 0.156 e. The molecule has 1 aliphatic rings. The molecule has 1 fully saturated rings. The highest BCUT2D eigenvalue weighted by Crippen LogP contribution is 2.53. The Kier molecular flexibility index (Phi) is 3.14. The van der Waals surface area contributed by atoms with E-state index in [0.717, 1.165) is 5.56 Å². The molecule has 2 rings (SSSR count). The van der Waals surface area contributed by atoms with Crippen molar-refractivity contribution in [2.45, 2.75) is 23.6 Å².